The lowest BCUT2D eigenvalue weighted by molar-refractivity contribution is -0.0214. The summed E-state index contributed by atoms with van der Waals surface area (Å²) in [6.45, 7) is 7.20. The van der Waals surface area contributed by atoms with Crippen LogP contribution in [0.15, 0.2) is 0 Å². The lowest BCUT2D eigenvalue weighted by Crippen LogP contribution is -2.58. The summed E-state index contributed by atoms with van der Waals surface area (Å²) >= 11 is 0. The van der Waals surface area contributed by atoms with Gasteiger partial charge in [0.1, 0.15) is 6.17 Å². The van der Waals surface area contributed by atoms with Crippen LogP contribution < -0.4 is 0 Å². The van der Waals surface area contributed by atoms with Crippen LogP contribution in [0.3, 0.4) is 0 Å². The fourth-order valence-electron chi connectivity index (χ4n) is 2.14. The maximum atomic E-state index is 13.2. The van der Waals surface area contributed by atoms with Crippen molar-refractivity contribution in [2.75, 3.05) is 0 Å². The van der Waals surface area contributed by atoms with Crippen LogP contribution in [0.2, 0.25) is 0 Å². The first-order chi connectivity index (χ1) is 5.26. The van der Waals surface area contributed by atoms with Gasteiger partial charge in [0.15, 0.2) is 0 Å². The number of hydrogen-bond donors (Lipinski definition) is 0. The number of nitrogens with zero attached hydrogens (tertiary/aromatic N) is 1. The molecule has 0 unspecified atom stereocenters. The molecule has 0 aliphatic carbocycles. The van der Waals surface area contributed by atoms with Crippen molar-refractivity contribution in [3.63, 3.8) is 0 Å². The molecular formula is C9H17FNO-. The van der Waals surface area contributed by atoms with Crippen molar-refractivity contribution in [3.8, 4) is 0 Å². The van der Waals surface area contributed by atoms with Gasteiger partial charge in [-0.2, -0.15) is 0 Å². The molecule has 1 saturated heterocycles. The van der Waals surface area contributed by atoms with E-state index in [1.807, 2.05) is 0 Å². The average Bonchev–Trinajstić information content (AvgIpc) is 1.80. The topological polar surface area (TPSA) is 26.3 Å². The summed E-state index contributed by atoms with van der Waals surface area (Å²) in [5, 5.41) is 12.7. The molecule has 0 bridgehead atoms. The van der Waals surface area contributed by atoms with Crippen LogP contribution in [-0.4, -0.2) is 22.3 Å². The summed E-state index contributed by atoms with van der Waals surface area (Å²) in [7, 11) is 0. The lowest BCUT2D eigenvalue weighted by atomic mass is 9.81. The highest BCUT2D eigenvalue weighted by Crippen LogP contribution is 2.38. The summed E-state index contributed by atoms with van der Waals surface area (Å²) in [5.74, 6) is 0. The Hall–Kier alpha value is -0.150. The minimum absolute atomic E-state index is 0.347. The van der Waals surface area contributed by atoms with E-state index in [1.54, 1.807) is 27.7 Å². The quantitative estimate of drug-likeness (QED) is 0.564. The molecule has 3 heteroatoms. The van der Waals surface area contributed by atoms with Gasteiger partial charge in [-0.1, -0.05) is 0 Å². The van der Waals surface area contributed by atoms with Crippen molar-refractivity contribution < 1.29 is 4.39 Å². The Morgan fingerprint density at radius 3 is 1.83 bits per heavy atom. The van der Waals surface area contributed by atoms with Crippen molar-refractivity contribution in [2.45, 2.75) is 57.8 Å². The van der Waals surface area contributed by atoms with Crippen LogP contribution in [-0.2, 0) is 0 Å². The van der Waals surface area contributed by atoms with Crippen LogP contribution in [0, 0.1) is 5.21 Å². The van der Waals surface area contributed by atoms with Gasteiger partial charge in [-0.15, -0.1) is 0 Å². The van der Waals surface area contributed by atoms with Gasteiger partial charge in [0.05, 0.1) is 0 Å². The normalized spacial score (nSPS) is 30.5. The highest BCUT2D eigenvalue weighted by Gasteiger charge is 2.40. The summed E-state index contributed by atoms with van der Waals surface area (Å²) < 4.78 is 13.2. The smallest absolute Gasteiger partial charge is 0.104 e. The standard InChI is InChI=1S/C9H17FNO/c1-8(2)5-7(10)6-9(3,4)11(8)12/h7H,5-6H2,1-4H3/q-1. The second kappa shape index (κ2) is 2.67. The molecule has 12 heavy (non-hydrogen) atoms. The predicted molar refractivity (Wildman–Crippen MR) is 47.5 cm³/mol. The predicted octanol–water partition coefficient (Wildman–Crippen LogP) is 2.48. The van der Waals surface area contributed by atoms with E-state index in [1.165, 1.54) is 0 Å². The molecule has 0 N–H and O–H groups in total. The Labute approximate surface area is 73.3 Å². The zero-order chi connectivity index (χ0) is 9.57. The Morgan fingerprint density at radius 1 is 1.17 bits per heavy atom. The van der Waals surface area contributed by atoms with Crippen LogP contribution in [0.4, 0.5) is 4.39 Å². The molecule has 0 aromatic heterocycles. The largest absolute Gasteiger partial charge is 0.784 e. The number of halogens is 1. The van der Waals surface area contributed by atoms with E-state index < -0.39 is 17.2 Å². The van der Waals surface area contributed by atoms with Gasteiger partial charge in [0, 0.05) is 11.1 Å². The summed E-state index contributed by atoms with van der Waals surface area (Å²) in [6, 6.07) is 0. The first-order valence-electron chi connectivity index (χ1n) is 4.37. The molecule has 0 aromatic carbocycles. The third-order valence-electron chi connectivity index (χ3n) is 2.54. The van der Waals surface area contributed by atoms with E-state index >= 15 is 0 Å². The molecule has 0 atom stereocenters. The molecular weight excluding hydrogens is 157 g/mol. The lowest BCUT2D eigenvalue weighted by Gasteiger charge is -2.58. The Balaban J connectivity index is 2.84. The third kappa shape index (κ3) is 1.62. The Kier molecular flexibility index (Phi) is 2.21. The molecule has 0 spiro atoms. The highest BCUT2D eigenvalue weighted by atomic mass is 19.1. The van der Waals surface area contributed by atoms with Crippen molar-refractivity contribution in [1.82, 2.24) is 5.06 Å². The van der Waals surface area contributed by atoms with E-state index in [4.69, 9.17) is 0 Å². The summed E-state index contributed by atoms with van der Waals surface area (Å²) in [5.41, 5.74) is -1.11. The molecule has 0 saturated carbocycles. The van der Waals surface area contributed by atoms with Gasteiger partial charge >= 0.3 is 0 Å². The molecule has 0 aromatic rings. The minimum Gasteiger partial charge on any atom is -0.784 e. The Bertz CT molecular complexity index is 161. The fourth-order valence-corrected chi connectivity index (χ4v) is 2.14. The first-order valence-corrected chi connectivity index (χ1v) is 4.37. The van der Waals surface area contributed by atoms with Gasteiger partial charge < -0.3 is 10.3 Å². The van der Waals surface area contributed by atoms with Gasteiger partial charge in [-0.25, -0.2) is 4.39 Å². The maximum absolute atomic E-state index is 13.2. The van der Waals surface area contributed by atoms with Gasteiger partial charge in [0.25, 0.3) is 0 Å². The highest BCUT2D eigenvalue weighted by molar-refractivity contribution is 5.00. The number of hydrogen-bond acceptors (Lipinski definition) is 2. The molecule has 1 aliphatic heterocycles. The van der Waals surface area contributed by atoms with Crippen LogP contribution >= 0.6 is 0 Å². The molecule has 1 heterocycles. The van der Waals surface area contributed by atoms with E-state index in [0.29, 0.717) is 12.8 Å². The van der Waals surface area contributed by atoms with E-state index in [-0.39, 0.29) is 0 Å². The number of piperidine rings is 1. The van der Waals surface area contributed by atoms with Crippen molar-refractivity contribution in [1.29, 1.82) is 0 Å². The molecule has 1 aliphatic rings. The van der Waals surface area contributed by atoms with E-state index in [0.717, 1.165) is 5.06 Å². The zero-order valence-electron chi connectivity index (χ0n) is 8.22. The number of hydroxylamine groups is 2. The average molecular weight is 174 g/mol. The van der Waals surface area contributed by atoms with Gasteiger partial charge in [-0.05, 0) is 40.5 Å². The molecule has 1 rings (SSSR count). The van der Waals surface area contributed by atoms with Crippen LogP contribution in [0.1, 0.15) is 40.5 Å². The molecule has 0 amide bonds. The fraction of sp³-hybridized carbons (Fsp3) is 1.00. The molecule has 72 valence electrons. The van der Waals surface area contributed by atoms with Gasteiger partial charge in [0.2, 0.25) is 0 Å². The third-order valence-corrected chi connectivity index (χ3v) is 2.54. The molecule has 1 fully saturated rings. The van der Waals surface area contributed by atoms with Crippen LogP contribution in [0.5, 0.6) is 0 Å². The SMILES string of the molecule is CC1(C)CC(F)CC(C)(C)N1[O-]. The second-order valence-corrected chi connectivity index (χ2v) is 4.92. The maximum Gasteiger partial charge on any atom is 0.104 e. The summed E-state index contributed by atoms with van der Waals surface area (Å²) in [6.07, 6.45) is -0.139. The Morgan fingerprint density at radius 2 is 1.50 bits per heavy atom. The number of alkyl halides is 1. The van der Waals surface area contributed by atoms with Crippen molar-refractivity contribution in [3.05, 3.63) is 5.21 Å². The first kappa shape index (κ1) is 9.93. The van der Waals surface area contributed by atoms with E-state index in [2.05, 4.69) is 0 Å². The minimum atomic E-state index is -0.833. The zero-order valence-corrected chi connectivity index (χ0v) is 8.22. The van der Waals surface area contributed by atoms with Crippen molar-refractivity contribution in [2.24, 2.45) is 0 Å². The van der Waals surface area contributed by atoms with Crippen LogP contribution in [0.25, 0.3) is 0 Å². The second-order valence-electron chi connectivity index (χ2n) is 4.92. The van der Waals surface area contributed by atoms with Gasteiger partial charge in [-0.3, -0.25) is 0 Å². The van der Waals surface area contributed by atoms with Crippen molar-refractivity contribution >= 4 is 0 Å². The summed E-state index contributed by atoms with van der Waals surface area (Å²) in [4.78, 5) is 0. The molecule has 0 radical (unpaired) electrons. The van der Waals surface area contributed by atoms with E-state index in [9.17, 15) is 9.60 Å². The monoisotopic (exact) mass is 174 g/mol. The number of rotatable bonds is 0. The molecule has 2 nitrogen and oxygen atoms in total.